The number of benzene rings is 2. The van der Waals surface area contributed by atoms with Crippen molar-refractivity contribution in [1.29, 1.82) is 0 Å². The van der Waals surface area contributed by atoms with E-state index < -0.39 is 0 Å². The number of fused-ring (bicyclic) bond motifs is 1. The Bertz CT molecular complexity index is 875. The SMILES string of the molecule is CN=C(NCc1ccc(N2CCSCC2)cc1)NC1CC(C)(C)Oc2ccccc21. The molecule has 1 unspecified atom stereocenters. The lowest BCUT2D eigenvalue weighted by molar-refractivity contribution is 0.0694. The first-order valence-corrected chi connectivity index (χ1v) is 11.9. The molecule has 0 aromatic heterocycles. The van der Waals surface area contributed by atoms with Gasteiger partial charge in [-0.05, 0) is 37.6 Å². The lowest BCUT2D eigenvalue weighted by Gasteiger charge is -2.38. The minimum atomic E-state index is -0.215. The van der Waals surface area contributed by atoms with Gasteiger partial charge in [-0.2, -0.15) is 11.8 Å². The summed E-state index contributed by atoms with van der Waals surface area (Å²) in [5, 5.41) is 7.07. The highest BCUT2D eigenvalue weighted by molar-refractivity contribution is 7.99. The van der Waals surface area contributed by atoms with Crippen LogP contribution in [0.5, 0.6) is 5.75 Å². The largest absolute Gasteiger partial charge is 0.487 e. The first-order chi connectivity index (χ1) is 14.5. The Morgan fingerprint density at radius 1 is 1.13 bits per heavy atom. The Labute approximate surface area is 184 Å². The van der Waals surface area contributed by atoms with E-state index in [1.807, 2.05) is 30.9 Å². The van der Waals surface area contributed by atoms with Gasteiger partial charge in [0.1, 0.15) is 11.4 Å². The van der Waals surface area contributed by atoms with Gasteiger partial charge in [-0.25, -0.2) is 0 Å². The molecule has 30 heavy (non-hydrogen) atoms. The van der Waals surface area contributed by atoms with Gasteiger partial charge < -0.3 is 20.3 Å². The van der Waals surface area contributed by atoms with Crippen LogP contribution in [0.3, 0.4) is 0 Å². The lowest BCUT2D eigenvalue weighted by Crippen LogP contribution is -2.45. The van der Waals surface area contributed by atoms with E-state index in [9.17, 15) is 0 Å². The van der Waals surface area contributed by atoms with Crippen molar-refractivity contribution >= 4 is 23.4 Å². The monoisotopic (exact) mass is 424 g/mol. The van der Waals surface area contributed by atoms with E-state index in [1.54, 1.807) is 0 Å². The highest BCUT2D eigenvalue weighted by Gasteiger charge is 2.33. The fraction of sp³-hybridized carbons (Fsp3) is 0.458. The number of anilines is 1. The van der Waals surface area contributed by atoms with Crippen molar-refractivity contribution < 1.29 is 4.74 Å². The number of nitrogens with one attached hydrogen (secondary N) is 2. The zero-order valence-corrected chi connectivity index (χ0v) is 19.0. The van der Waals surface area contributed by atoms with Crippen molar-refractivity contribution in [3.63, 3.8) is 0 Å². The van der Waals surface area contributed by atoms with Crippen LogP contribution in [0.4, 0.5) is 5.69 Å². The molecule has 1 saturated heterocycles. The van der Waals surface area contributed by atoms with Crippen LogP contribution in [-0.4, -0.2) is 43.2 Å². The van der Waals surface area contributed by atoms with Crippen LogP contribution in [0.25, 0.3) is 0 Å². The summed E-state index contributed by atoms with van der Waals surface area (Å²) < 4.78 is 6.15. The second kappa shape index (κ2) is 9.21. The molecule has 4 rings (SSSR count). The summed E-state index contributed by atoms with van der Waals surface area (Å²) in [5.74, 6) is 4.20. The van der Waals surface area contributed by atoms with Gasteiger partial charge >= 0.3 is 0 Å². The first kappa shape index (κ1) is 20.9. The number of thioether (sulfide) groups is 1. The maximum Gasteiger partial charge on any atom is 0.191 e. The van der Waals surface area contributed by atoms with Crippen LogP contribution in [0.1, 0.15) is 37.4 Å². The Balaban J connectivity index is 1.37. The molecule has 1 fully saturated rings. The Hall–Kier alpha value is -2.34. The van der Waals surface area contributed by atoms with E-state index in [-0.39, 0.29) is 11.6 Å². The van der Waals surface area contributed by atoms with Crippen molar-refractivity contribution in [2.75, 3.05) is 36.5 Å². The van der Waals surface area contributed by atoms with Crippen LogP contribution in [0.2, 0.25) is 0 Å². The van der Waals surface area contributed by atoms with Crippen LogP contribution in [-0.2, 0) is 6.54 Å². The normalized spacial score (nSPS) is 20.8. The Kier molecular flexibility index (Phi) is 6.42. The molecule has 2 heterocycles. The number of hydrogen-bond acceptors (Lipinski definition) is 4. The van der Waals surface area contributed by atoms with Gasteiger partial charge in [0, 0.05) is 55.9 Å². The van der Waals surface area contributed by atoms with Crippen molar-refractivity contribution in [1.82, 2.24) is 10.6 Å². The molecule has 2 N–H and O–H groups in total. The zero-order chi connectivity index (χ0) is 21.0. The fourth-order valence-electron chi connectivity index (χ4n) is 4.12. The van der Waals surface area contributed by atoms with E-state index in [2.05, 4.69) is 70.8 Å². The molecule has 2 aromatic carbocycles. The van der Waals surface area contributed by atoms with Crippen LogP contribution in [0, 0.1) is 0 Å². The van der Waals surface area contributed by atoms with Crippen molar-refractivity contribution in [2.45, 2.75) is 38.5 Å². The summed E-state index contributed by atoms with van der Waals surface area (Å²) in [7, 11) is 1.82. The van der Waals surface area contributed by atoms with E-state index >= 15 is 0 Å². The molecule has 1 atom stereocenters. The molecule has 0 saturated carbocycles. The lowest BCUT2D eigenvalue weighted by atomic mass is 9.90. The Morgan fingerprint density at radius 2 is 1.87 bits per heavy atom. The number of hydrogen-bond donors (Lipinski definition) is 2. The molecule has 0 amide bonds. The van der Waals surface area contributed by atoms with Crippen molar-refractivity contribution in [3.8, 4) is 5.75 Å². The van der Waals surface area contributed by atoms with E-state index in [0.29, 0.717) is 0 Å². The molecule has 5 nitrogen and oxygen atoms in total. The van der Waals surface area contributed by atoms with Gasteiger partial charge in [-0.3, -0.25) is 4.99 Å². The standard InChI is InChI=1S/C24H32N4OS/c1-24(2)16-21(20-6-4-5-7-22(20)29-24)27-23(25-3)26-17-18-8-10-19(11-9-18)28-12-14-30-15-13-28/h4-11,21H,12-17H2,1-3H3,(H2,25,26,27). The van der Waals surface area contributed by atoms with E-state index in [1.165, 1.54) is 28.3 Å². The van der Waals surface area contributed by atoms with Crippen LogP contribution in [0.15, 0.2) is 53.5 Å². The van der Waals surface area contributed by atoms with Crippen LogP contribution < -0.4 is 20.3 Å². The van der Waals surface area contributed by atoms with Crippen molar-refractivity contribution in [2.24, 2.45) is 4.99 Å². The number of rotatable bonds is 4. The quantitative estimate of drug-likeness (QED) is 0.569. The predicted octanol–water partition coefficient (Wildman–Crippen LogP) is 4.21. The summed E-state index contributed by atoms with van der Waals surface area (Å²) in [6, 6.07) is 17.3. The average molecular weight is 425 g/mol. The number of aliphatic imine (C=N–C) groups is 1. The highest BCUT2D eigenvalue weighted by Crippen LogP contribution is 2.39. The first-order valence-electron chi connectivity index (χ1n) is 10.7. The van der Waals surface area contributed by atoms with Gasteiger partial charge in [0.2, 0.25) is 0 Å². The number of guanidine groups is 1. The molecular formula is C24H32N4OS. The topological polar surface area (TPSA) is 48.9 Å². The van der Waals surface area contributed by atoms with Gasteiger partial charge in [-0.1, -0.05) is 30.3 Å². The molecule has 0 spiro atoms. The molecule has 0 aliphatic carbocycles. The molecule has 2 aliphatic rings. The molecule has 0 radical (unpaired) electrons. The third kappa shape index (κ3) is 5.04. The number of nitrogens with zero attached hydrogens (tertiary/aromatic N) is 2. The van der Waals surface area contributed by atoms with E-state index in [0.717, 1.165) is 37.8 Å². The second-order valence-electron chi connectivity index (χ2n) is 8.49. The molecule has 2 aliphatic heterocycles. The fourth-order valence-corrected chi connectivity index (χ4v) is 5.03. The van der Waals surface area contributed by atoms with Gasteiger partial charge in [0.25, 0.3) is 0 Å². The molecule has 160 valence electrons. The number of para-hydroxylation sites is 1. The molecular weight excluding hydrogens is 392 g/mol. The average Bonchev–Trinajstić information content (AvgIpc) is 2.76. The minimum absolute atomic E-state index is 0.162. The summed E-state index contributed by atoms with van der Waals surface area (Å²) in [6.45, 7) is 7.29. The third-order valence-corrected chi connectivity index (χ3v) is 6.63. The summed E-state index contributed by atoms with van der Waals surface area (Å²) in [6.07, 6.45) is 0.882. The smallest absolute Gasteiger partial charge is 0.191 e. The van der Waals surface area contributed by atoms with Gasteiger partial charge in [0.15, 0.2) is 5.96 Å². The highest BCUT2D eigenvalue weighted by atomic mass is 32.2. The molecule has 6 heteroatoms. The van der Waals surface area contributed by atoms with Crippen molar-refractivity contribution in [3.05, 3.63) is 59.7 Å². The van der Waals surface area contributed by atoms with E-state index in [4.69, 9.17) is 4.74 Å². The summed E-state index contributed by atoms with van der Waals surface area (Å²) >= 11 is 2.04. The maximum atomic E-state index is 6.15. The van der Waals surface area contributed by atoms with Gasteiger partial charge in [-0.15, -0.1) is 0 Å². The number of ether oxygens (including phenoxy) is 1. The predicted molar refractivity (Wildman–Crippen MR) is 128 cm³/mol. The molecule has 0 bridgehead atoms. The van der Waals surface area contributed by atoms with Gasteiger partial charge in [0.05, 0.1) is 6.04 Å². The summed E-state index contributed by atoms with van der Waals surface area (Å²) in [5.41, 5.74) is 3.54. The minimum Gasteiger partial charge on any atom is -0.487 e. The second-order valence-corrected chi connectivity index (χ2v) is 9.72. The molecule has 2 aromatic rings. The van der Waals surface area contributed by atoms with Crippen LogP contribution >= 0.6 is 11.8 Å². The third-order valence-electron chi connectivity index (χ3n) is 5.68. The summed E-state index contributed by atoms with van der Waals surface area (Å²) in [4.78, 5) is 6.92. The Morgan fingerprint density at radius 3 is 2.60 bits per heavy atom. The zero-order valence-electron chi connectivity index (χ0n) is 18.1. The maximum absolute atomic E-state index is 6.15.